The van der Waals surface area contributed by atoms with Gasteiger partial charge in [0.05, 0.1) is 17.9 Å². The highest BCUT2D eigenvalue weighted by molar-refractivity contribution is 7.91. The Hall–Kier alpha value is -4.46. The van der Waals surface area contributed by atoms with Gasteiger partial charge in [-0.1, -0.05) is 42.5 Å². The van der Waals surface area contributed by atoms with Crippen LogP contribution in [0, 0.1) is 0 Å². The third-order valence-corrected chi connectivity index (χ3v) is 9.47. The summed E-state index contributed by atoms with van der Waals surface area (Å²) in [4.78, 5) is 67.4. The van der Waals surface area contributed by atoms with Crippen molar-refractivity contribution in [3.63, 3.8) is 0 Å². The Labute approximate surface area is 268 Å². The molecule has 5 amide bonds. The largest absolute Gasteiger partial charge is 0.484 e. The van der Waals surface area contributed by atoms with Crippen LogP contribution in [0.5, 0.6) is 5.75 Å². The molecular weight excluding hydrogens is 614 g/mol. The first kappa shape index (κ1) is 34.4. The van der Waals surface area contributed by atoms with Crippen LogP contribution in [0.25, 0.3) is 0 Å². The smallest absolute Gasteiger partial charge is 0.257 e. The summed E-state index contributed by atoms with van der Waals surface area (Å²) in [5.74, 6) is -1.64. The van der Waals surface area contributed by atoms with Crippen LogP contribution in [0.15, 0.2) is 54.6 Å². The van der Waals surface area contributed by atoms with E-state index in [-0.39, 0.29) is 75.5 Å². The first-order valence-electron chi connectivity index (χ1n) is 15.4. The molecule has 1 saturated heterocycles. The number of hydrogen-bond donors (Lipinski definition) is 3. The fraction of sp³-hybridized carbons (Fsp3) is 0.469. The van der Waals surface area contributed by atoms with Crippen LogP contribution >= 0.6 is 0 Å². The van der Waals surface area contributed by atoms with Gasteiger partial charge in [0.1, 0.15) is 18.8 Å². The molecule has 0 saturated carbocycles. The molecule has 4 rings (SSSR count). The van der Waals surface area contributed by atoms with E-state index in [1.54, 1.807) is 12.1 Å². The highest BCUT2D eigenvalue weighted by Crippen LogP contribution is 2.14. The van der Waals surface area contributed by atoms with Gasteiger partial charge in [0, 0.05) is 38.6 Å². The SMILES string of the molecule is O=C(COc1ccccc1)NCCCC[C@H]1CC(=O)N(CC(=O)N2CCS(=O)(=O)CC2)CC(=O)NCc2ccccc2CC(=O)N1. The summed E-state index contributed by atoms with van der Waals surface area (Å²) in [6.07, 6.45) is 1.51. The molecule has 13 nitrogen and oxygen atoms in total. The fourth-order valence-corrected chi connectivity index (χ4v) is 6.46. The Morgan fingerprint density at radius 3 is 2.35 bits per heavy atom. The van der Waals surface area contributed by atoms with Crippen molar-refractivity contribution in [3.8, 4) is 5.75 Å². The Kier molecular flexibility index (Phi) is 12.5. The summed E-state index contributed by atoms with van der Waals surface area (Å²) in [6, 6.07) is 15.7. The molecule has 0 unspecified atom stereocenters. The molecule has 14 heteroatoms. The number of nitrogens with one attached hydrogen (secondary N) is 3. The molecule has 2 heterocycles. The van der Waals surface area contributed by atoms with E-state index in [0.717, 1.165) is 16.0 Å². The molecule has 0 bridgehead atoms. The van der Waals surface area contributed by atoms with Gasteiger partial charge in [-0.3, -0.25) is 24.0 Å². The molecule has 0 aliphatic carbocycles. The van der Waals surface area contributed by atoms with Crippen molar-refractivity contribution in [1.29, 1.82) is 0 Å². The lowest BCUT2D eigenvalue weighted by Crippen LogP contribution is -2.51. The van der Waals surface area contributed by atoms with Gasteiger partial charge in [-0.25, -0.2) is 8.42 Å². The van der Waals surface area contributed by atoms with Crippen molar-refractivity contribution in [2.75, 3.05) is 50.8 Å². The number of para-hydroxylation sites is 1. The van der Waals surface area contributed by atoms with Crippen LogP contribution in [-0.4, -0.2) is 105 Å². The van der Waals surface area contributed by atoms with E-state index in [0.29, 0.717) is 31.6 Å². The maximum absolute atomic E-state index is 13.5. The number of rotatable bonds is 10. The van der Waals surface area contributed by atoms with Crippen LogP contribution in [-0.2, 0) is 46.8 Å². The average molecular weight is 656 g/mol. The quantitative estimate of drug-likeness (QED) is 0.305. The van der Waals surface area contributed by atoms with Gasteiger partial charge >= 0.3 is 0 Å². The maximum Gasteiger partial charge on any atom is 0.257 e. The van der Waals surface area contributed by atoms with Gasteiger partial charge in [-0.15, -0.1) is 0 Å². The monoisotopic (exact) mass is 655 g/mol. The number of carbonyl (C=O) groups excluding carboxylic acids is 5. The number of amides is 5. The van der Waals surface area contributed by atoms with E-state index >= 15 is 0 Å². The molecule has 2 aromatic rings. The molecule has 0 aromatic heterocycles. The number of sulfone groups is 1. The molecule has 46 heavy (non-hydrogen) atoms. The summed E-state index contributed by atoms with van der Waals surface area (Å²) in [6.45, 7) is -0.288. The minimum Gasteiger partial charge on any atom is -0.484 e. The van der Waals surface area contributed by atoms with Crippen LogP contribution < -0.4 is 20.7 Å². The van der Waals surface area contributed by atoms with E-state index in [2.05, 4.69) is 16.0 Å². The lowest BCUT2D eigenvalue weighted by molar-refractivity contribution is -0.143. The molecular formula is C32H41N5O8S. The Morgan fingerprint density at radius 1 is 0.913 bits per heavy atom. The van der Waals surface area contributed by atoms with Gasteiger partial charge in [-0.2, -0.15) is 0 Å². The van der Waals surface area contributed by atoms with E-state index in [1.807, 2.05) is 42.5 Å². The summed E-state index contributed by atoms with van der Waals surface area (Å²) >= 11 is 0. The van der Waals surface area contributed by atoms with Gasteiger partial charge in [0.2, 0.25) is 23.6 Å². The molecule has 248 valence electrons. The zero-order valence-corrected chi connectivity index (χ0v) is 26.6. The number of unbranched alkanes of at least 4 members (excludes halogenated alkanes) is 1. The predicted octanol–water partition coefficient (Wildman–Crippen LogP) is 0.185. The molecule has 1 atom stereocenters. The van der Waals surface area contributed by atoms with Crippen molar-refractivity contribution in [3.05, 3.63) is 65.7 Å². The third kappa shape index (κ3) is 11.2. The number of fused-ring (bicyclic) bond motifs is 1. The minimum atomic E-state index is -3.21. The van der Waals surface area contributed by atoms with Crippen molar-refractivity contribution in [2.45, 2.75) is 44.7 Å². The normalized spacial score (nSPS) is 19.0. The van der Waals surface area contributed by atoms with Gasteiger partial charge in [-0.05, 0) is 42.5 Å². The summed E-state index contributed by atoms with van der Waals surface area (Å²) in [7, 11) is -3.21. The van der Waals surface area contributed by atoms with Crippen LogP contribution in [0.3, 0.4) is 0 Å². The molecule has 0 spiro atoms. The molecule has 2 aromatic carbocycles. The van der Waals surface area contributed by atoms with Crippen molar-refractivity contribution in [2.24, 2.45) is 0 Å². The summed E-state index contributed by atoms with van der Waals surface area (Å²) < 4.78 is 29.1. The van der Waals surface area contributed by atoms with Crippen LogP contribution in [0.2, 0.25) is 0 Å². The van der Waals surface area contributed by atoms with Crippen molar-refractivity contribution < 1.29 is 37.1 Å². The summed E-state index contributed by atoms with van der Waals surface area (Å²) in [5.41, 5.74) is 1.51. The highest BCUT2D eigenvalue weighted by atomic mass is 32.2. The second kappa shape index (κ2) is 16.7. The summed E-state index contributed by atoms with van der Waals surface area (Å²) in [5, 5.41) is 8.54. The predicted molar refractivity (Wildman–Crippen MR) is 169 cm³/mol. The standard InChI is InChI=1S/C32H41N5O8S/c38-28-18-24-8-4-5-9-25(24)20-34-29(39)21-37(22-32(42)36-14-16-46(43,44)17-15-36)31(41)19-26(35-28)10-6-7-13-33-30(40)23-45-27-11-2-1-3-12-27/h1-5,8-9,11-12,26H,6-7,10,13-23H2,(H,33,40)(H,34,39)(H,35,38)/t26-/m0/s1. The van der Waals surface area contributed by atoms with Crippen LogP contribution in [0.1, 0.15) is 36.8 Å². The van der Waals surface area contributed by atoms with E-state index < -0.39 is 33.6 Å². The molecule has 1 fully saturated rings. The van der Waals surface area contributed by atoms with Crippen molar-refractivity contribution >= 4 is 39.4 Å². The first-order valence-corrected chi connectivity index (χ1v) is 17.2. The van der Waals surface area contributed by atoms with E-state index in [9.17, 15) is 32.4 Å². The first-order chi connectivity index (χ1) is 22.1. The van der Waals surface area contributed by atoms with E-state index in [4.69, 9.17) is 4.74 Å². The van der Waals surface area contributed by atoms with Crippen molar-refractivity contribution in [1.82, 2.24) is 25.8 Å². The number of hydrogen-bond acceptors (Lipinski definition) is 8. The third-order valence-electron chi connectivity index (χ3n) is 7.86. The molecule has 2 aliphatic rings. The highest BCUT2D eigenvalue weighted by Gasteiger charge is 2.29. The Balaban J connectivity index is 1.38. The molecule has 3 N–H and O–H groups in total. The van der Waals surface area contributed by atoms with E-state index in [1.165, 1.54) is 4.90 Å². The topological polar surface area (TPSA) is 171 Å². The molecule has 2 aliphatic heterocycles. The molecule has 0 radical (unpaired) electrons. The minimum absolute atomic E-state index is 0.0276. The zero-order valence-electron chi connectivity index (χ0n) is 25.7. The van der Waals surface area contributed by atoms with Crippen LogP contribution in [0.4, 0.5) is 0 Å². The van der Waals surface area contributed by atoms with Gasteiger partial charge in [0.25, 0.3) is 5.91 Å². The lowest BCUT2D eigenvalue weighted by Gasteiger charge is -2.30. The Morgan fingerprint density at radius 2 is 1.61 bits per heavy atom. The number of ether oxygens (including phenoxy) is 1. The second-order valence-electron chi connectivity index (χ2n) is 11.4. The van der Waals surface area contributed by atoms with Gasteiger partial charge in [0.15, 0.2) is 16.4 Å². The second-order valence-corrected chi connectivity index (χ2v) is 13.7. The van der Waals surface area contributed by atoms with Gasteiger partial charge < -0.3 is 30.5 Å². The average Bonchev–Trinajstić information content (AvgIpc) is 3.03. The number of benzene rings is 2. The zero-order chi connectivity index (χ0) is 32.9. The Bertz CT molecular complexity index is 1490. The number of carbonyl (C=O) groups is 5. The fourth-order valence-electron chi connectivity index (χ4n) is 5.26. The maximum atomic E-state index is 13.5. The lowest BCUT2D eigenvalue weighted by atomic mass is 10.0. The number of nitrogens with zero attached hydrogens (tertiary/aromatic N) is 2.